The molecule has 1 amide bonds. The van der Waals surface area contributed by atoms with Crippen molar-refractivity contribution in [2.45, 2.75) is 25.3 Å². The minimum atomic E-state index is -1.83. The normalized spacial score (nSPS) is 13.4. The lowest BCUT2D eigenvalue weighted by Gasteiger charge is -2.24. The van der Waals surface area contributed by atoms with E-state index in [9.17, 15) is 9.59 Å². The minimum absolute atomic E-state index is 0.0381. The summed E-state index contributed by atoms with van der Waals surface area (Å²) in [4.78, 5) is 31.7. The smallest absolute Gasteiger partial charge is 0.245 e. The highest BCUT2D eigenvalue weighted by atomic mass is 79.9. The number of primary amides is 1. The van der Waals surface area contributed by atoms with Crippen LogP contribution in [0.4, 0.5) is 0 Å². The van der Waals surface area contributed by atoms with Gasteiger partial charge in [-0.25, -0.2) is 0 Å². The maximum Gasteiger partial charge on any atom is 0.245 e. The number of aliphatic imine (C=N–C) groups is 1. The lowest BCUT2D eigenvalue weighted by Crippen LogP contribution is -2.58. The van der Waals surface area contributed by atoms with Gasteiger partial charge in [-0.05, 0) is 43.5 Å². The third kappa shape index (κ3) is 3.83. The zero-order valence-corrected chi connectivity index (χ0v) is 15.4. The molecule has 25 heavy (non-hydrogen) atoms. The van der Waals surface area contributed by atoms with Gasteiger partial charge in [-0.15, -0.1) is 0 Å². The molecule has 0 fully saturated rings. The van der Waals surface area contributed by atoms with Gasteiger partial charge in [0.1, 0.15) is 0 Å². The maximum atomic E-state index is 13.0. The number of nitrogens with two attached hydrogens (primary N) is 4. The van der Waals surface area contributed by atoms with Gasteiger partial charge in [-0.3, -0.25) is 14.6 Å². The summed E-state index contributed by atoms with van der Waals surface area (Å²) in [6, 6.07) is 5.58. The predicted molar refractivity (Wildman–Crippen MR) is 101 cm³/mol. The summed E-state index contributed by atoms with van der Waals surface area (Å²) in [6.07, 6.45) is 0.379. The maximum absolute atomic E-state index is 13.0. The molecule has 2 rings (SSSR count). The number of rotatable bonds is 7. The van der Waals surface area contributed by atoms with Crippen molar-refractivity contribution in [2.24, 2.45) is 27.9 Å². The Morgan fingerprint density at radius 2 is 1.96 bits per heavy atom. The number of nitrogens with zero attached hydrogens (tertiary/aromatic N) is 1. The first kappa shape index (κ1) is 18.9. The number of nitrogens with one attached hydrogen (secondary N) is 1. The molecule has 0 radical (unpaired) electrons. The molecule has 0 unspecified atom stereocenters. The Balaban J connectivity index is 2.35. The van der Waals surface area contributed by atoms with Gasteiger partial charge in [0.05, 0.1) is 5.69 Å². The molecule has 1 atom stereocenters. The van der Waals surface area contributed by atoms with Crippen molar-refractivity contribution in [1.82, 2.24) is 4.98 Å². The van der Waals surface area contributed by atoms with Gasteiger partial charge in [-0.1, -0.05) is 15.9 Å². The highest BCUT2D eigenvalue weighted by Crippen LogP contribution is 2.28. The summed E-state index contributed by atoms with van der Waals surface area (Å²) < 4.78 is 0.882. The highest BCUT2D eigenvalue weighted by molar-refractivity contribution is 9.10. The molecule has 0 aliphatic heterocycles. The molecule has 0 bridgehead atoms. The van der Waals surface area contributed by atoms with E-state index in [1.54, 1.807) is 6.92 Å². The number of hydrogen-bond donors (Lipinski definition) is 5. The molecule has 0 spiro atoms. The number of ketones is 1. The Kier molecular flexibility index (Phi) is 5.48. The number of aryl methyl sites for hydroxylation is 1. The number of aromatic nitrogens is 1. The molecular formula is C16H21BrN6O2. The molecule has 9 N–H and O–H groups in total. The predicted octanol–water partition coefficient (Wildman–Crippen LogP) is 0.658. The van der Waals surface area contributed by atoms with Crippen LogP contribution in [-0.4, -0.2) is 34.7 Å². The largest absolute Gasteiger partial charge is 0.370 e. The lowest BCUT2D eigenvalue weighted by atomic mass is 9.86. The van der Waals surface area contributed by atoms with Crippen LogP contribution in [0.2, 0.25) is 0 Å². The number of carbonyl (C=O) groups excluding carboxylic acids is 2. The van der Waals surface area contributed by atoms with Crippen LogP contribution in [0.3, 0.4) is 0 Å². The summed E-state index contributed by atoms with van der Waals surface area (Å²) >= 11 is 3.40. The second kappa shape index (κ2) is 7.24. The van der Waals surface area contributed by atoms with Crippen molar-refractivity contribution >= 4 is 44.5 Å². The van der Waals surface area contributed by atoms with Gasteiger partial charge >= 0.3 is 0 Å². The summed E-state index contributed by atoms with van der Waals surface area (Å²) in [5.41, 5.74) is 22.0. The van der Waals surface area contributed by atoms with Crippen LogP contribution in [0.15, 0.2) is 27.7 Å². The molecule has 1 heterocycles. The van der Waals surface area contributed by atoms with E-state index in [1.165, 1.54) is 0 Å². The number of amides is 1. The number of carbonyl (C=O) groups is 2. The first-order chi connectivity index (χ1) is 11.7. The molecule has 1 aromatic carbocycles. The molecule has 0 saturated heterocycles. The van der Waals surface area contributed by atoms with Gasteiger partial charge < -0.3 is 27.9 Å². The molecule has 2 aromatic rings. The molecule has 134 valence electrons. The summed E-state index contributed by atoms with van der Waals surface area (Å²) in [7, 11) is 0. The third-order valence-electron chi connectivity index (χ3n) is 4.12. The van der Waals surface area contributed by atoms with E-state index in [-0.39, 0.29) is 24.6 Å². The number of hydrogen-bond acceptors (Lipinski definition) is 4. The average molecular weight is 409 g/mol. The van der Waals surface area contributed by atoms with E-state index in [2.05, 4.69) is 25.9 Å². The van der Waals surface area contributed by atoms with Crippen LogP contribution < -0.4 is 22.9 Å². The first-order valence-corrected chi connectivity index (χ1v) is 8.43. The number of Topliss-reactive ketones (excluding diaryl/α,β-unsaturated/α-hetero) is 1. The van der Waals surface area contributed by atoms with Crippen LogP contribution in [0.1, 0.15) is 28.9 Å². The fourth-order valence-corrected chi connectivity index (χ4v) is 3.02. The van der Waals surface area contributed by atoms with Crippen LogP contribution in [0, 0.1) is 6.92 Å². The average Bonchev–Trinajstić information content (AvgIpc) is 2.86. The van der Waals surface area contributed by atoms with Crippen molar-refractivity contribution in [1.29, 1.82) is 0 Å². The Bertz CT molecular complexity index is 856. The standard InChI is InChI=1S/C16H21BrN6O2/c1-8-10-7-9(17)3-4-11(10)23-12(8)13(24)16(21,14(18)25)5-2-6-22-15(19)20/h3-4,7,23H,2,5-6,21H2,1H3,(H2,18,25)(H4,19,20,22)/t16-/m1/s1. The Hall–Kier alpha value is -2.39. The van der Waals surface area contributed by atoms with Gasteiger partial charge in [0, 0.05) is 21.9 Å². The van der Waals surface area contributed by atoms with Gasteiger partial charge in [0.2, 0.25) is 11.7 Å². The Labute approximate surface area is 153 Å². The number of halogens is 1. The first-order valence-electron chi connectivity index (χ1n) is 7.63. The van der Waals surface area contributed by atoms with Gasteiger partial charge in [0.25, 0.3) is 0 Å². The molecule has 9 heteroatoms. The SMILES string of the molecule is Cc1c(C(=O)[C@](N)(CCCN=C(N)N)C(N)=O)[nH]c2ccc(Br)cc12. The summed E-state index contributed by atoms with van der Waals surface area (Å²) in [5, 5.41) is 0.866. The van der Waals surface area contributed by atoms with E-state index in [4.69, 9.17) is 22.9 Å². The Morgan fingerprint density at radius 1 is 1.28 bits per heavy atom. The molecule has 0 aliphatic rings. The van der Waals surface area contributed by atoms with Crippen molar-refractivity contribution in [3.05, 3.63) is 33.9 Å². The van der Waals surface area contributed by atoms with E-state index < -0.39 is 17.2 Å². The molecule has 8 nitrogen and oxygen atoms in total. The highest BCUT2D eigenvalue weighted by Gasteiger charge is 2.41. The molecule has 0 saturated carbocycles. The second-order valence-electron chi connectivity index (χ2n) is 5.89. The van der Waals surface area contributed by atoms with Crippen molar-refractivity contribution in [3.63, 3.8) is 0 Å². The summed E-state index contributed by atoms with van der Waals surface area (Å²) in [6.45, 7) is 2.04. The number of benzene rings is 1. The number of H-pyrrole nitrogens is 1. The number of fused-ring (bicyclic) bond motifs is 1. The zero-order valence-electron chi connectivity index (χ0n) is 13.8. The van der Waals surface area contributed by atoms with Crippen LogP contribution in [0.5, 0.6) is 0 Å². The van der Waals surface area contributed by atoms with Crippen LogP contribution in [0.25, 0.3) is 10.9 Å². The number of guanidine groups is 1. The molecule has 0 aliphatic carbocycles. The van der Waals surface area contributed by atoms with E-state index in [0.29, 0.717) is 12.0 Å². The van der Waals surface area contributed by atoms with Gasteiger partial charge in [-0.2, -0.15) is 0 Å². The lowest BCUT2D eigenvalue weighted by molar-refractivity contribution is -0.121. The van der Waals surface area contributed by atoms with E-state index in [0.717, 1.165) is 15.4 Å². The monoisotopic (exact) mass is 408 g/mol. The molecular weight excluding hydrogens is 388 g/mol. The minimum Gasteiger partial charge on any atom is -0.370 e. The van der Waals surface area contributed by atoms with Crippen molar-refractivity contribution in [2.75, 3.05) is 6.54 Å². The third-order valence-corrected chi connectivity index (χ3v) is 4.61. The fraction of sp³-hybridized carbons (Fsp3) is 0.312. The van der Waals surface area contributed by atoms with Crippen LogP contribution in [-0.2, 0) is 4.79 Å². The topological polar surface area (TPSA) is 166 Å². The van der Waals surface area contributed by atoms with E-state index in [1.807, 2.05) is 18.2 Å². The van der Waals surface area contributed by atoms with Gasteiger partial charge in [0.15, 0.2) is 11.5 Å². The van der Waals surface area contributed by atoms with Crippen molar-refractivity contribution < 1.29 is 9.59 Å². The van der Waals surface area contributed by atoms with E-state index >= 15 is 0 Å². The zero-order chi connectivity index (χ0) is 18.8. The van der Waals surface area contributed by atoms with Crippen LogP contribution >= 0.6 is 15.9 Å². The second-order valence-corrected chi connectivity index (χ2v) is 6.81. The van der Waals surface area contributed by atoms with Crippen molar-refractivity contribution in [3.8, 4) is 0 Å². The fourth-order valence-electron chi connectivity index (χ4n) is 2.66. The summed E-state index contributed by atoms with van der Waals surface area (Å²) in [5.74, 6) is -1.50. The number of aromatic amines is 1. The molecule has 1 aromatic heterocycles. The Morgan fingerprint density at radius 3 is 2.56 bits per heavy atom. The quantitative estimate of drug-likeness (QED) is 0.149.